The van der Waals surface area contributed by atoms with Crippen molar-refractivity contribution in [3.63, 3.8) is 0 Å². The Hall–Kier alpha value is -2.33. The van der Waals surface area contributed by atoms with Gasteiger partial charge in [-0.2, -0.15) is 0 Å². The van der Waals surface area contributed by atoms with E-state index in [1.165, 1.54) is 0 Å². The second-order valence-electron chi connectivity index (χ2n) is 4.09. The van der Waals surface area contributed by atoms with Gasteiger partial charge in [0.1, 0.15) is 5.82 Å². The molecule has 0 atom stereocenters. The van der Waals surface area contributed by atoms with Crippen LogP contribution in [-0.4, -0.2) is 9.97 Å². The number of aromatic nitrogens is 2. The molecule has 3 rings (SSSR count). The zero-order chi connectivity index (χ0) is 13.2. The SMILES string of the molecule is Nc1ccc(Nc2ccc(Cl)c3cccnc23)cn1. The maximum Gasteiger partial charge on any atom is 0.123 e. The Morgan fingerprint density at radius 3 is 2.74 bits per heavy atom. The van der Waals surface area contributed by atoms with E-state index in [0.717, 1.165) is 22.3 Å². The second-order valence-corrected chi connectivity index (χ2v) is 4.50. The molecule has 0 aliphatic rings. The lowest BCUT2D eigenvalue weighted by molar-refractivity contribution is 1.33. The third-order valence-corrected chi connectivity index (χ3v) is 3.11. The molecule has 0 radical (unpaired) electrons. The first-order valence-electron chi connectivity index (χ1n) is 5.76. The fourth-order valence-electron chi connectivity index (χ4n) is 1.87. The molecule has 0 unspecified atom stereocenters. The normalized spacial score (nSPS) is 10.6. The predicted octanol–water partition coefficient (Wildman–Crippen LogP) is 3.61. The molecule has 0 aliphatic carbocycles. The van der Waals surface area contributed by atoms with Crippen LogP contribution in [0, 0.1) is 0 Å². The van der Waals surface area contributed by atoms with Gasteiger partial charge in [-0.3, -0.25) is 4.98 Å². The van der Waals surface area contributed by atoms with E-state index in [1.807, 2.05) is 30.3 Å². The summed E-state index contributed by atoms with van der Waals surface area (Å²) in [5, 5.41) is 4.86. The monoisotopic (exact) mass is 270 g/mol. The second kappa shape index (κ2) is 4.74. The third kappa shape index (κ3) is 2.30. The summed E-state index contributed by atoms with van der Waals surface area (Å²) in [4.78, 5) is 8.41. The number of nitrogens with zero attached hydrogens (tertiary/aromatic N) is 2. The molecule has 3 aromatic rings. The van der Waals surface area contributed by atoms with Crippen LogP contribution in [0.3, 0.4) is 0 Å². The van der Waals surface area contributed by atoms with Gasteiger partial charge in [-0.1, -0.05) is 11.6 Å². The first kappa shape index (κ1) is 11.7. The average molecular weight is 271 g/mol. The first-order chi connectivity index (χ1) is 9.24. The van der Waals surface area contributed by atoms with E-state index in [2.05, 4.69) is 15.3 Å². The minimum Gasteiger partial charge on any atom is -0.384 e. The molecule has 2 heterocycles. The molecule has 0 spiro atoms. The van der Waals surface area contributed by atoms with Gasteiger partial charge in [0.2, 0.25) is 0 Å². The molecule has 3 N–H and O–H groups in total. The lowest BCUT2D eigenvalue weighted by Crippen LogP contribution is -1.95. The summed E-state index contributed by atoms with van der Waals surface area (Å²) in [6, 6.07) is 11.2. The first-order valence-corrected chi connectivity index (χ1v) is 6.13. The van der Waals surface area contributed by atoms with Crippen LogP contribution in [0.1, 0.15) is 0 Å². The summed E-state index contributed by atoms with van der Waals surface area (Å²) < 4.78 is 0. The van der Waals surface area contributed by atoms with Crippen molar-refractivity contribution in [3.05, 3.63) is 53.8 Å². The molecule has 19 heavy (non-hydrogen) atoms. The van der Waals surface area contributed by atoms with E-state index < -0.39 is 0 Å². The number of hydrogen-bond donors (Lipinski definition) is 2. The number of halogens is 1. The fraction of sp³-hybridized carbons (Fsp3) is 0. The van der Waals surface area contributed by atoms with Crippen molar-refractivity contribution in [2.45, 2.75) is 0 Å². The Balaban J connectivity index is 2.06. The highest BCUT2D eigenvalue weighted by Crippen LogP contribution is 2.29. The number of rotatable bonds is 2. The van der Waals surface area contributed by atoms with Crippen LogP contribution in [0.5, 0.6) is 0 Å². The summed E-state index contributed by atoms with van der Waals surface area (Å²) in [7, 11) is 0. The minimum atomic E-state index is 0.490. The highest BCUT2D eigenvalue weighted by molar-refractivity contribution is 6.35. The van der Waals surface area contributed by atoms with E-state index in [1.54, 1.807) is 18.5 Å². The maximum absolute atomic E-state index is 6.16. The number of hydrogen-bond acceptors (Lipinski definition) is 4. The fourth-order valence-corrected chi connectivity index (χ4v) is 2.09. The maximum atomic E-state index is 6.16. The summed E-state index contributed by atoms with van der Waals surface area (Å²) in [5.74, 6) is 0.490. The topological polar surface area (TPSA) is 63.8 Å². The van der Waals surface area contributed by atoms with E-state index in [4.69, 9.17) is 17.3 Å². The zero-order valence-electron chi connectivity index (χ0n) is 9.97. The van der Waals surface area contributed by atoms with Gasteiger partial charge >= 0.3 is 0 Å². The minimum absolute atomic E-state index is 0.490. The molecule has 0 aliphatic heterocycles. The number of nitrogens with two attached hydrogens (primary N) is 1. The van der Waals surface area contributed by atoms with Crippen molar-refractivity contribution in [1.82, 2.24) is 9.97 Å². The number of nitrogens with one attached hydrogen (secondary N) is 1. The smallest absolute Gasteiger partial charge is 0.123 e. The van der Waals surface area contributed by atoms with Crippen molar-refractivity contribution < 1.29 is 0 Å². The Kier molecular flexibility index (Phi) is 2.93. The van der Waals surface area contributed by atoms with Crippen molar-refractivity contribution in [2.75, 3.05) is 11.1 Å². The number of benzene rings is 1. The zero-order valence-corrected chi connectivity index (χ0v) is 10.7. The Morgan fingerprint density at radius 1 is 1.05 bits per heavy atom. The van der Waals surface area contributed by atoms with E-state index in [9.17, 15) is 0 Å². The van der Waals surface area contributed by atoms with Crippen molar-refractivity contribution in [3.8, 4) is 0 Å². The number of nitrogen functional groups attached to an aromatic ring is 1. The quantitative estimate of drug-likeness (QED) is 0.747. The van der Waals surface area contributed by atoms with Crippen molar-refractivity contribution in [2.24, 2.45) is 0 Å². The Morgan fingerprint density at radius 2 is 1.95 bits per heavy atom. The Bertz CT molecular complexity index is 725. The standard InChI is InChI=1S/C14H11ClN4/c15-11-4-5-12(14-10(11)2-1-7-17-14)19-9-3-6-13(16)18-8-9/h1-8,19H,(H2,16,18). The molecule has 94 valence electrons. The molecule has 5 heteroatoms. The third-order valence-electron chi connectivity index (χ3n) is 2.78. The van der Waals surface area contributed by atoms with Crippen LogP contribution in [-0.2, 0) is 0 Å². The van der Waals surface area contributed by atoms with Gasteiger partial charge < -0.3 is 11.1 Å². The van der Waals surface area contributed by atoms with Crippen molar-refractivity contribution >= 4 is 39.7 Å². The summed E-state index contributed by atoms with van der Waals surface area (Å²) in [6.45, 7) is 0. The van der Waals surface area contributed by atoms with Crippen LogP contribution in [0.25, 0.3) is 10.9 Å². The van der Waals surface area contributed by atoms with Crippen LogP contribution < -0.4 is 11.1 Å². The molecule has 4 nitrogen and oxygen atoms in total. The lowest BCUT2D eigenvalue weighted by Gasteiger charge is -2.09. The molecule has 0 saturated heterocycles. The molecule has 2 aromatic heterocycles. The van der Waals surface area contributed by atoms with Gasteiger partial charge in [0, 0.05) is 11.6 Å². The molecule has 0 amide bonds. The summed E-state index contributed by atoms with van der Waals surface area (Å²) >= 11 is 6.16. The highest BCUT2D eigenvalue weighted by Gasteiger charge is 2.05. The highest BCUT2D eigenvalue weighted by atomic mass is 35.5. The van der Waals surface area contributed by atoms with Crippen molar-refractivity contribution in [1.29, 1.82) is 0 Å². The lowest BCUT2D eigenvalue weighted by atomic mass is 10.2. The summed E-state index contributed by atoms with van der Waals surface area (Å²) in [5.41, 5.74) is 8.12. The van der Waals surface area contributed by atoms with E-state index in [0.29, 0.717) is 10.8 Å². The molecule has 0 fully saturated rings. The van der Waals surface area contributed by atoms with Crippen LogP contribution in [0.2, 0.25) is 5.02 Å². The molecule has 0 bridgehead atoms. The van der Waals surface area contributed by atoms with E-state index >= 15 is 0 Å². The number of fused-ring (bicyclic) bond motifs is 1. The van der Waals surface area contributed by atoms with Gasteiger partial charge in [-0.05, 0) is 36.4 Å². The van der Waals surface area contributed by atoms with Gasteiger partial charge in [0.05, 0.1) is 28.1 Å². The summed E-state index contributed by atoms with van der Waals surface area (Å²) in [6.07, 6.45) is 3.42. The number of anilines is 3. The van der Waals surface area contributed by atoms with Gasteiger partial charge in [-0.15, -0.1) is 0 Å². The molecule has 0 saturated carbocycles. The molecule has 1 aromatic carbocycles. The predicted molar refractivity (Wildman–Crippen MR) is 78.7 cm³/mol. The van der Waals surface area contributed by atoms with Gasteiger partial charge in [0.25, 0.3) is 0 Å². The average Bonchev–Trinajstić information content (AvgIpc) is 2.45. The van der Waals surface area contributed by atoms with E-state index in [-0.39, 0.29) is 0 Å². The van der Waals surface area contributed by atoms with Crippen LogP contribution >= 0.6 is 11.6 Å². The number of pyridine rings is 2. The largest absolute Gasteiger partial charge is 0.384 e. The molecular weight excluding hydrogens is 260 g/mol. The molecular formula is C14H11ClN4. The van der Waals surface area contributed by atoms with Crippen LogP contribution in [0.4, 0.5) is 17.2 Å². The van der Waals surface area contributed by atoms with Crippen LogP contribution in [0.15, 0.2) is 48.8 Å². The van der Waals surface area contributed by atoms with Gasteiger partial charge in [0.15, 0.2) is 0 Å². The Labute approximate surface area is 115 Å². The van der Waals surface area contributed by atoms with Gasteiger partial charge in [-0.25, -0.2) is 4.98 Å².